The molecule has 0 aromatic heterocycles. The summed E-state index contributed by atoms with van der Waals surface area (Å²) >= 11 is 0. The second-order valence-electron chi connectivity index (χ2n) is 7.70. The van der Waals surface area contributed by atoms with Gasteiger partial charge in [-0.05, 0) is 48.4 Å². The number of non-ortho nitro benzene ring substituents is 1. The fourth-order valence-electron chi connectivity index (χ4n) is 3.93. The minimum absolute atomic E-state index is 0.00398. The second-order valence-corrected chi connectivity index (χ2v) is 7.70. The Hall–Kier alpha value is -4.07. The van der Waals surface area contributed by atoms with Crippen molar-refractivity contribution in [1.29, 1.82) is 0 Å². The topological polar surface area (TPSA) is 93.9 Å². The highest BCUT2D eigenvalue weighted by Gasteiger charge is 2.32. The third-order valence-electron chi connectivity index (χ3n) is 5.55. The lowest BCUT2D eigenvalue weighted by Gasteiger charge is -2.38. The second kappa shape index (κ2) is 9.60. The molecule has 33 heavy (non-hydrogen) atoms. The summed E-state index contributed by atoms with van der Waals surface area (Å²) in [6, 6.07) is 19.2. The number of ether oxygens (including phenoxy) is 2. The van der Waals surface area contributed by atoms with Crippen LogP contribution in [0.5, 0.6) is 11.5 Å². The maximum Gasteiger partial charge on any atom is 0.269 e. The van der Waals surface area contributed by atoms with Crippen LogP contribution in [0.25, 0.3) is 0 Å². The SMILES string of the molecule is CCCN1C(=O)c2ccccc2NC1c1ccc(OC)c(COc2ccc([N+](=O)[O-])cc2)c1. The smallest absolute Gasteiger partial charge is 0.269 e. The number of nitro benzene ring substituents is 1. The number of carbonyl (C=O) groups excluding carboxylic acids is 1. The van der Waals surface area contributed by atoms with E-state index < -0.39 is 4.92 Å². The van der Waals surface area contributed by atoms with Gasteiger partial charge in [-0.2, -0.15) is 0 Å². The first-order chi connectivity index (χ1) is 16.0. The van der Waals surface area contributed by atoms with E-state index in [9.17, 15) is 14.9 Å². The number of rotatable bonds is 8. The van der Waals surface area contributed by atoms with Gasteiger partial charge >= 0.3 is 0 Å². The Labute approximate surface area is 191 Å². The monoisotopic (exact) mass is 447 g/mol. The van der Waals surface area contributed by atoms with Gasteiger partial charge in [-0.1, -0.05) is 25.1 Å². The predicted octanol–water partition coefficient (Wildman–Crippen LogP) is 5.16. The van der Waals surface area contributed by atoms with Gasteiger partial charge in [0.2, 0.25) is 0 Å². The highest BCUT2D eigenvalue weighted by Crippen LogP contribution is 2.35. The van der Waals surface area contributed by atoms with Crippen LogP contribution in [0, 0.1) is 10.1 Å². The number of nitro groups is 1. The summed E-state index contributed by atoms with van der Waals surface area (Å²) in [5.41, 5.74) is 3.19. The predicted molar refractivity (Wildman–Crippen MR) is 125 cm³/mol. The molecule has 1 N–H and O–H groups in total. The highest BCUT2D eigenvalue weighted by atomic mass is 16.6. The van der Waals surface area contributed by atoms with Gasteiger partial charge in [-0.15, -0.1) is 0 Å². The van der Waals surface area contributed by atoms with E-state index in [4.69, 9.17) is 9.47 Å². The number of benzene rings is 3. The zero-order chi connectivity index (χ0) is 23.4. The number of para-hydroxylation sites is 1. The van der Waals surface area contributed by atoms with Gasteiger partial charge in [0.1, 0.15) is 24.3 Å². The average Bonchev–Trinajstić information content (AvgIpc) is 2.84. The van der Waals surface area contributed by atoms with Crippen molar-refractivity contribution < 1.29 is 19.2 Å². The number of fused-ring (bicyclic) bond motifs is 1. The van der Waals surface area contributed by atoms with Crippen molar-refractivity contribution >= 4 is 17.3 Å². The number of anilines is 1. The summed E-state index contributed by atoms with van der Waals surface area (Å²) < 4.78 is 11.4. The number of hydrogen-bond acceptors (Lipinski definition) is 6. The van der Waals surface area contributed by atoms with Gasteiger partial charge in [-0.25, -0.2) is 0 Å². The van der Waals surface area contributed by atoms with Crippen LogP contribution in [-0.4, -0.2) is 29.4 Å². The molecular weight excluding hydrogens is 422 g/mol. The van der Waals surface area contributed by atoms with Gasteiger partial charge in [0.25, 0.3) is 11.6 Å². The lowest BCUT2D eigenvalue weighted by atomic mass is 10.0. The van der Waals surface area contributed by atoms with E-state index in [2.05, 4.69) is 5.32 Å². The van der Waals surface area contributed by atoms with Gasteiger partial charge in [0, 0.05) is 29.9 Å². The van der Waals surface area contributed by atoms with E-state index in [0.717, 1.165) is 23.2 Å². The molecule has 1 heterocycles. The normalized spacial score (nSPS) is 14.9. The van der Waals surface area contributed by atoms with Crippen molar-refractivity contribution in [3.05, 3.63) is 93.5 Å². The molecule has 0 radical (unpaired) electrons. The van der Waals surface area contributed by atoms with Gasteiger partial charge in [0.15, 0.2) is 0 Å². The summed E-state index contributed by atoms with van der Waals surface area (Å²) in [5.74, 6) is 1.17. The van der Waals surface area contributed by atoms with Crippen molar-refractivity contribution in [2.45, 2.75) is 26.1 Å². The number of amides is 1. The van der Waals surface area contributed by atoms with E-state index in [0.29, 0.717) is 23.6 Å². The molecule has 0 bridgehead atoms. The Morgan fingerprint density at radius 3 is 2.55 bits per heavy atom. The molecule has 8 nitrogen and oxygen atoms in total. The first-order valence-electron chi connectivity index (χ1n) is 10.7. The van der Waals surface area contributed by atoms with Crippen LogP contribution >= 0.6 is 0 Å². The molecule has 0 saturated carbocycles. The van der Waals surface area contributed by atoms with E-state index in [1.807, 2.05) is 54.3 Å². The van der Waals surface area contributed by atoms with E-state index in [1.165, 1.54) is 12.1 Å². The van der Waals surface area contributed by atoms with Crippen LogP contribution in [0.2, 0.25) is 0 Å². The molecule has 0 fully saturated rings. The third-order valence-corrected chi connectivity index (χ3v) is 5.55. The average molecular weight is 447 g/mol. The Bertz CT molecular complexity index is 1160. The van der Waals surface area contributed by atoms with Crippen LogP contribution in [0.4, 0.5) is 11.4 Å². The van der Waals surface area contributed by atoms with Crippen LogP contribution in [-0.2, 0) is 6.61 Å². The third kappa shape index (κ3) is 4.59. The Kier molecular flexibility index (Phi) is 6.44. The molecule has 1 aliphatic rings. The molecule has 0 spiro atoms. The van der Waals surface area contributed by atoms with Crippen LogP contribution in [0.3, 0.4) is 0 Å². The van der Waals surface area contributed by atoms with Crippen molar-refractivity contribution in [2.75, 3.05) is 19.0 Å². The summed E-state index contributed by atoms with van der Waals surface area (Å²) in [6.07, 6.45) is 0.509. The molecule has 1 amide bonds. The summed E-state index contributed by atoms with van der Waals surface area (Å²) in [6.45, 7) is 2.87. The molecule has 3 aromatic rings. The molecule has 1 atom stereocenters. The van der Waals surface area contributed by atoms with Crippen molar-refractivity contribution in [1.82, 2.24) is 4.90 Å². The zero-order valence-electron chi connectivity index (χ0n) is 18.5. The summed E-state index contributed by atoms with van der Waals surface area (Å²) in [7, 11) is 1.59. The van der Waals surface area contributed by atoms with Gasteiger partial charge in [-0.3, -0.25) is 14.9 Å². The number of nitrogens with one attached hydrogen (secondary N) is 1. The quantitative estimate of drug-likeness (QED) is 0.379. The minimum Gasteiger partial charge on any atom is -0.496 e. The Balaban J connectivity index is 1.61. The Morgan fingerprint density at radius 1 is 1.09 bits per heavy atom. The van der Waals surface area contributed by atoms with Crippen LogP contribution in [0.1, 0.15) is 41.0 Å². The lowest BCUT2D eigenvalue weighted by molar-refractivity contribution is -0.384. The van der Waals surface area contributed by atoms with Gasteiger partial charge in [0.05, 0.1) is 17.6 Å². The van der Waals surface area contributed by atoms with Crippen molar-refractivity contribution in [2.24, 2.45) is 0 Å². The van der Waals surface area contributed by atoms with E-state index in [1.54, 1.807) is 19.2 Å². The maximum atomic E-state index is 13.2. The first-order valence-corrected chi connectivity index (χ1v) is 10.7. The van der Waals surface area contributed by atoms with Crippen LogP contribution in [0.15, 0.2) is 66.7 Å². The zero-order valence-corrected chi connectivity index (χ0v) is 18.5. The number of nitrogens with zero attached hydrogens (tertiary/aromatic N) is 2. The molecule has 8 heteroatoms. The number of carbonyl (C=O) groups is 1. The van der Waals surface area contributed by atoms with Crippen LogP contribution < -0.4 is 14.8 Å². The van der Waals surface area contributed by atoms with Gasteiger partial charge < -0.3 is 19.7 Å². The maximum absolute atomic E-state index is 13.2. The van der Waals surface area contributed by atoms with Crippen molar-refractivity contribution in [3.63, 3.8) is 0 Å². The molecule has 0 aliphatic carbocycles. The number of hydrogen-bond donors (Lipinski definition) is 1. The molecule has 1 unspecified atom stereocenters. The highest BCUT2D eigenvalue weighted by molar-refractivity contribution is 6.01. The fourth-order valence-corrected chi connectivity index (χ4v) is 3.93. The largest absolute Gasteiger partial charge is 0.496 e. The molecule has 1 aliphatic heterocycles. The molecule has 170 valence electrons. The van der Waals surface area contributed by atoms with E-state index >= 15 is 0 Å². The fraction of sp³-hybridized carbons (Fsp3) is 0.240. The van der Waals surface area contributed by atoms with Crippen molar-refractivity contribution in [3.8, 4) is 11.5 Å². The molecule has 0 saturated heterocycles. The summed E-state index contributed by atoms with van der Waals surface area (Å²) in [5, 5.41) is 14.3. The molecule has 4 rings (SSSR count). The van der Waals surface area contributed by atoms with E-state index in [-0.39, 0.29) is 24.4 Å². The first kappa shape index (κ1) is 22.1. The standard InChI is InChI=1S/C25H25N3O5/c1-3-14-27-24(26-22-7-5-4-6-21(22)25(27)29)17-8-13-23(32-2)18(15-17)16-33-20-11-9-19(10-12-20)28(30)31/h4-13,15,24,26H,3,14,16H2,1-2H3. The number of methoxy groups -OCH3 is 1. The lowest BCUT2D eigenvalue weighted by Crippen LogP contribution is -2.43. The molecular formula is C25H25N3O5. The Morgan fingerprint density at radius 2 is 1.85 bits per heavy atom. The minimum atomic E-state index is -0.449. The summed E-state index contributed by atoms with van der Waals surface area (Å²) in [4.78, 5) is 25.4. The molecule has 3 aromatic carbocycles.